The lowest BCUT2D eigenvalue weighted by Gasteiger charge is -2.05. The molecule has 124 valence electrons. The highest BCUT2D eigenvalue weighted by Gasteiger charge is 2.12. The van der Waals surface area contributed by atoms with Crippen LogP contribution in [0.1, 0.15) is 0 Å². The van der Waals surface area contributed by atoms with Crippen LogP contribution in [0.25, 0.3) is 22.4 Å². The number of nitrogens with one attached hydrogen (secondary N) is 2. The van der Waals surface area contributed by atoms with Gasteiger partial charge in [0.2, 0.25) is 0 Å². The molecule has 25 heavy (non-hydrogen) atoms. The molecule has 4 nitrogen and oxygen atoms in total. The average Bonchev–Trinajstić information content (AvgIpc) is 3.03. The van der Waals surface area contributed by atoms with Crippen LogP contribution in [-0.2, 0) is 0 Å². The van der Waals surface area contributed by atoms with Gasteiger partial charge in [-0.1, -0.05) is 6.07 Å². The molecule has 0 aliphatic heterocycles. The van der Waals surface area contributed by atoms with Gasteiger partial charge in [0, 0.05) is 17.4 Å². The van der Waals surface area contributed by atoms with E-state index < -0.39 is 11.6 Å². The fraction of sp³-hybridized carbons (Fsp3) is 0. The van der Waals surface area contributed by atoms with Crippen LogP contribution in [0.15, 0.2) is 54.7 Å². The minimum Gasteiger partial charge on any atom is -0.338 e. The quantitative estimate of drug-likeness (QED) is 0.564. The van der Waals surface area contributed by atoms with E-state index in [0.717, 1.165) is 12.1 Å². The summed E-state index contributed by atoms with van der Waals surface area (Å²) in [6.07, 6.45) is 1.57. The number of benzene rings is 2. The Hall–Kier alpha value is -3.35. The van der Waals surface area contributed by atoms with Crippen molar-refractivity contribution in [2.24, 2.45) is 0 Å². The third kappa shape index (κ3) is 2.91. The second kappa shape index (κ2) is 5.94. The van der Waals surface area contributed by atoms with Gasteiger partial charge < -0.3 is 10.3 Å². The van der Waals surface area contributed by atoms with Crippen LogP contribution in [0.2, 0.25) is 0 Å². The zero-order valence-electron chi connectivity index (χ0n) is 12.7. The Morgan fingerprint density at radius 3 is 2.60 bits per heavy atom. The maximum Gasteiger partial charge on any atom is 0.159 e. The van der Waals surface area contributed by atoms with Crippen molar-refractivity contribution in [1.82, 2.24) is 15.0 Å². The molecule has 0 amide bonds. The molecule has 2 aromatic heterocycles. The van der Waals surface area contributed by atoms with Gasteiger partial charge in [-0.3, -0.25) is 0 Å². The third-order valence-corrected chi connectivity index (χ3v) is 3.68. The lowest BCUT2D eigenvalue weighted by atomic mass is 10.2. The molecule has 2 aromatic carbocycles. The number of rotatable bonds is 3. The van der Waals surface area contributed by atoms with Gasteiger partial charge in [0.25, 0.3) is 0 Å². The standard InChI is InChI=1S/C18H11F3N4/c19-11-2-1-3-12(9-11)23-18-16-15(6-7-22-18)24-17(25-16)10-4-5-13(20)14(21)8-10/h1-9H,(H,22,23)(H,24,25). The smallest absolute Gasteiger partial charge is 0.159 e. The zero-order chi connectivity index (χ0) is 17.4. The van der Waals surface area contributed by atoms with E-state index in [1.807, 2.05) is 0 Å². The molecule has 0 saturated carbocycles. The molecule has 0 aliphatic rings. The normalized spacial score (nSPS) is 11.0. The van der Waals surface area contributed by atoms with E-state index in [-0.39, 0.29) is 5.82 Å². The number of nitrogens with zero attached hydrogens (tertiary/aromatic N) is 2. The molecule has 0 fully saturated rings. The molecule has 0 unspecified atom stereocenters. The van der Waals surface area contributed by atoms with Crippen molar-refractivity contribution >= 4 is 22.5 Å². The fourth-order valence-electron chi connectivity index (χ4n) is 2.51. The van der Waals surface area contributed by atoms with E-state index in [0.29, 0.717) is 33.9 Å². The predicted octanol–water partition coefficient (Wildman–Crippen LogP) is 4.79. The molecule has 4 aromatic rings. The number of imidazole rings is 1. The third-order valence-electron chi connectivity index (χ3n) is 3.68. The number of H-pyrrole nitrogens is 1. The first kappa shape index (κ1) is 15.2. The minimum absolute atomic E-state index is 0.373. The van der Waals surface area contributed by atoms with E-state index in [9.17, 15) is 13.2 Å². The second-order valence-corrected chi connectivity index (χ2v) is 5.41. The first-order valence-corrected chi connectivity index (χ1v) is 7.43. The van der Waals surface area contributed by atoms with Crippen molar-refractivity contribution in [3.63, 3.8) is 0 Å². The minimum atomic E-state index is -0.950. The van der Waals surface area contributed by atoms with Gasteiger partial charge in [-0.25, -0.2) is 23.1 Å². The summed E-state index contributed by atoms with van der Waals surface area (Å²) in [5, 5.41) is 3.01. The predicted molar refractivity (Wildman–Crippen MR) is 88.9 cm³/mol. The molecule has 0 saturated heterocycles. The molecule has 2 heterocycles. The molecular formula is C18H11F3N4. The van der Waals surface area contributed by atoms with Crippen molar-refractivity contribution in [2.45, 2.75) is 0 Å². The van der Waals surface area contributed by atoms with E-state index >= 15 is 0 Å². The van der Waals surface area contributed by atoms with Crippen LogP contribution in [0.5, 0.6) is 0 Å². The van der Waals surface area contributed by atoms with Crippen molar-refractivity contribution in [2.75, 3.05) is 5.32 Å². The molecule has 0 atom stereocenters. The van der Waals surface area contributed by atoms with E-state index in [4.69, 9.17) is 0 Å². The number of hydrogen-bond donors (Lipinski definition) is 2. The summed E-state index contributed by atoms with van der Waals surface area (Å²) in [6, 6.07) is 11.2. The number of anilines is 2. The first-order chi connectivity index (χ1) is 12.1. The van der Waals surface area contributed by atoms with Gasteiger partial charge in [0.05, 0.1) is 5.52 Å². The zero-order valence-corrected chi connectivity index (χ0v) is 12.7. The number of aromatic amines is 1. The van der Waals surface area contributed by atoms with Gasteiger partial charge in [0.15, 0.2) is 17.5 Å². The van der Waals surface area contributed by atoms with Crippen LogP contribution in [-0.4, -0.2) is 15.0 Å². The Labute approximate surface area is 140 Å². The summed E-state index contributed by atoms with van der Waals surface area (Å²) < 4.78 is 39.9. The molecule has 0 aliphatic carbocycles. The number of fused-ring (bicyclic) bond motifs is 1. The van der Waals surface area contributed by atoms with Crippen LogP contribution in [0, 0.1) is 17.5 Å². The van der Waals surface area contributed by atoms with Crippen molar-refractivity contribution in [3.8, 4) is 11.4 Å². The van der Waals surface area contributed by atoms with E-state index in [2.05, 4.69) is 20.3 Å². The maximum absolute atomic E-state index is 13.4. The number of aromatic nitrogens is 3. The molecule has 2 N–H and O–H groups in total. The highest BCUT2D eigenvalue weighted by Crippen LogP contribution is 2.27. The average molecular weight is 340 g/mol. The van der Waals surface area contributed by atoms with Crippen LogP contribution in [0.3, 0.4) is 0 Å². The molecule has 0 bridgehead atoms. The Kier molecular flexibility index (Phi) is 3.61. The van der Waals surface area contributed by atoms with Crippen molar-refractivity contribution in [1.29, 1.82) is 0 Å². The number of halogens is 3. The highest BCUT2D eigenvalue weighted by molar-refractivity contribution is 5.89. The molecule has 4 rings (SSSR count). The van der Waals surface area contributed by atoms with Crippen LogP contribution >= 0.6 is 0 Å². The largest absolute Gasteiger partial charge is 0.338 e. The summed E-state index contributed by atoms with van der Waals surface area (Å²) in [5.74, 6) is -1.44. The van der Waals surface area contributed by atoms with Gasteiger partial charge >= 0.3 is 0 Å². The molecule has 7 heteroatoms. The maximum atomic E-state index is 13.4. The summed E-state index contributed by atoms with van der Waals surface area (Å²) in [4.78, 5) is 11.7. The topological polar surface area (TPSA) is 53.6 Å². The Balaban J connectivity index is 1.77. The summed E-state index contributed by atoms with van der Waals surface area (Å²) >= 11 is 0. The van der Waals surface area contributed by atoms with E-state index in [1.165, 1.54) is 18.2 Å². The highest BCUT2D eigenvalue weighted by atomic mass is 19.2. The summed E-state index contributed by atoms with van der Waals surface area (Å²) in [6.45, 7) is 0. The van der Waals surface area contributed by atoms with Crippen LogP contribution in [0.4, 0.5) is 24.7 Å². The van der Waals surface area contributed by atoms with Gasteiger partial charge in [-0.15, -0.1) is 0 Å². The molecular weight excluding hydrogens is 329 g/mol. The molecule has 0 radical (unpaired) electrons. The van der Waals surface area contributed by atoms with Gasteiger partial charge in [0.1, 0.15) is 17.2 Å². The fourth-order valence-corrected chi connectivity index (χ4v) is 2.51. The second-order valence-electron chi connectivity index (χ2n) is 5.41. The Morgan fingerprint density at radius 2 is 1.80 bits per heavy atom. The lowest BCUT2D eigenvalue weighted by molar-refractivity contribution is 0.509. The first-order valence-electron chi connectivity index (χ1n) is 7.43. The summed E-state index contributed by atoms with van der Waals surface area (Å²) in [7, 11) is 0. The van der Waals surface area contributed by atoms with E-state index in [1.54, 1.807) is 24.4 Å². The Morgan fingerprint density at radius 1 is 0.920 bits per heavy atom. The number of pyridine rings is 1. The van der Waals surface area contributed by atoms with Gasteiger partial charge in [-0.2, -0.15) is 0 Å². The SMILES string of the molecule is Fc1cccc(Nc2nccc3[nH]c(-c4ccc(F)c(F)c4)nc23)c1. The monoisotopic (exact) mass is 340 g/mol. The van der Waals surface area contributed by atoms with Crippen molar-refractivity contribution < 1.29 is 13.2 Å². The Bertz CT molecular complexity index is 1080. The molecule has 0 spiro atoms. The van der Waals surface area contributed by atoms with Crippen molar-refractivity contribution in [3.05, 3.63) is 72.2 Å². The number of hydrogen-bond acceptors (Lipinski definition) is 3. The lowest BCUT2D eigenvalue weighted by Crippen LogP contribution is -1.94. The van der Waals surface area contributed by atoms with Crippen LogP contribution < -0.4 is 5.32 Å². The summed E-state index contributed by atoms with van der Waals surface area (Å²) in [5.41, 5.74) is 2.10. The van der Waals surface area contributed by atoms with Gasteiger partial charge in [-0.05, 0) is 42.5 Å².